The molecule has 0 bridgehead atoms. The average Bonchev–Trinajstić information content (AvgIpc) is 2.85. The van der Waals surface area contributed by atoms with Crippen LogP contribution in [-0.4, -0.2) is 27.0 Å². The van der Waals surface area contributed by atoms with Gasteiger partial charge in [0.05, 0.1) is 11.8 Å². The van der Waals surface area contributed by atoms with Gasteiger partial charge >= 0.3 is 18.0 Å². The van der Waals surface area contributed by atoms with Crippen molar-refractivity contribution < 1.29 is 26.3 Å². The molecule has 13 heteroatoms. The van der Waals surface area contributed by atoms with Crippen molar-refractivity contribution in [3.63, 3.8) is 0 Å². The Morgan fingerprint density at radius 3 is 2.07 bits per heavy atom. The molecule has 0 amide bonds. The summed E-state index contributed by atoms with van der Waals surface area (Å²) in [5, 5.41) is -0.182. The van der Waals surface area contributed by atoms with Gasteiger partial charge in [-0.2, -0.15) is 26.3 Å². The summed E-state index contributed by atoms with van der Waals surface area (Å²) in [6.45, 7) is 4.53. The van der Waals surface area contributed by atoms with Crippen LogP contribution >= 0.6 is 11.3 Å². The van der Waals surface area contributed by atoms with Crippen LogP contribution in [0.25, 0.3) is 10.2 Å². The molecule has 0 spiro atoms. The quantitative estimate of drug-likeness (QED) is 0.512. The molecule has 0 atom stereocenters. The molecule has 0 aliphatic carbocycles. The van der Waals surface area contributed by atoms with Gasteiger partial charge in [0.15, 0.2) is 0 Å². The van der Waals surface area contributed by atoms with E-state index in [1.807, 2.05) is 20.8 Å². The van der Waals surface area contributed by atoms with E-state index in [0.29, 0.717) is 15.0 Å². The predicted octanol–water partition coefficient (Wildman–Crippen LogP) is 3.44. The van der Waals surface area contributed by atoms with Crippen molar-refractivity contribution in [1.82, 2.24) is 20.0 Å². The number of rotatable bonds is 6. The first-order chi connectivity index (χ1) is 13.5. The molecule has 0 saturated carbocycles. The summed E-state index contributed by atoms with van der Waals surface area (Å²) in [5.74, 6) is 0. The second-order valence-corrected chi connectivity index (χ2v) is 8.95. The third-order valence-electron chi connectivity index (χ3n) is 4.06. The molecule has 2 rings (SSSR count). The third-order valence-corrected chi connectivity index (χ3v) is 5.38. The minimum Gasteiger partial charge on any atom is -0.284 e. The lowest BCUT2D eigenvalue weighted by Crippen LogP contribution is -2.45. The number of fused-ring (bicyclic) bond motifs is 1. The van der Waals surface area contributed by atoms with Crippen LogP contribution < -0.4 is 22.1 Å². The predicted molar refractivity (Wildman–Crippen MR) is 102 cm³/mol. The number of halogens is 6. The number of hydrogen-bond acceptors (Lipinski definition) is 5. The van der Waals surface area contributed by atoms with Crippen molar-refractivity contribution in [3.8, 4) is 0 Å². The molecule has 0 aliphatic heterocycles. The summed E-state index contributed by atoms with van der Waals surface area (Å²) in [6.07, 6.45) is -10.9. The van der Waals surface area contributed by atoms with Crippen LogP contribution in [0.1, 0.15) is 37.6 Å². The molecule has 0 aromatic carbocycles. The fraction of sp³-hybridized carbons (Fsp3) is 0.647. The SMILES string of the molecule is Cc1c(CNNC(C)(C)C)sc2c1c(=O)n(CC(F)(F)F)c(=O)n2CCC(F)(F)F. The molecule has 2 aromatic heterocycles. The Labute approximate surface area is 171 Å². The zero-order valence-electron chi connectivity index (χ0n) is 16.7. The standard InChI is InChI=1S/C17H22F6N4O2S/c1-9-10(7-24-25-15(2,3)4)30-13-11(9)12(28)27(8-17(21,22)23)14(29)26(13)6-5-16(18,19)20/h24-25H,5-8H2,1-4H3. The molecule has 2 aromatic rings. The van der Waals surface area contributed by atoms with Gasteiger partial charge < -0.3 is 0 Å². The summed E-state index contributed by atoms with van der Waals surface area (Å²) in [6, 6.07) is 0. The molecule has 6 nitrogen and oxygen atoms in total. The summed E-state index contributed by atoms with van der Waals surface area (Å²) in [5.41, 5.74) is 3.32. The van der Waals surface area contributed by atoms with E-state index in [-0.39, 0.29) is 26.9 Å². The second kappa shape index (κ2) is 8.35. The van der Waals surface area contributed by atoms with E-state index < -0.39 is 43.1 Å². The topological polar surface area (TPSA) is 68.1 Å². The van der Waals surface area contributed by atoms with Crippen LogP contribution in [0.3, 0.4) is 0 Å². The van der Waals surface area contributed by atoms with Crippen LogP contribution in [0.2, 0.25) is 0 Å². The van der Waals surface area contributed by atoms with Crippen LogP contribution in [-0.2, 0) is 19.6 Å². The number of aromatic nitrogens is 2. The van der Waals surface area contributed by atoms with Crippen molar-refractivity contribution in [3.05, 3.63) is 31.3 Å². The summed E-state index contributed by atoms with van der Waals surface area (Å²) >= 11 is 0.905. The van der Waals surface area contributed by atoms with E-state index in [2.05, 4.69) is 10.9 Å². The highest BCUT2D eigenvalue weighted by Crippen LogP contribution is 2.29. The van der Waals surface area contributed by atoms with Crippen LogP contribution in [0.4, 0.5) is 26.3 Å². The first-order valence-electron chi connectivity index (χ1n) is 8.89. The number of nitrogens with zero attached hydrogens (tertiary/aromatic N) is 2. The number of thiophene rings is 1. The maximum atomic E-state index is 12.9. The molecule has 0 fully saturated rings. The van der Waals surface area contributed by atoms with Crippen molar-refractivity contribution >= 4 is 21.6 Å². The first-order valence-corrected chi connectivity index (χ1v) is 9.71. The zero-order chi connectivity index (χ0) is 23.1. The number of alkyl halides is 6. The van der Waals surface area contributed by atoms with Gasteiger partial charge in [-0.3, -0.25) is 24.8 Å². The lowest BCUT2D eigenvalue weighted by Gasteiger charge is -2.20. The Hall–Kier alpha value is -1.86. The van der Waals surface area contributed by atoms with Crippen molar-refractivity contribution in [2.75, 3.05) is 0 Å². The van der Waals surface area contributed by atoms with E-state index in [9.17, 15) is 35.9 Å². The van der Waals surface area contributed by atoms with Gasteiger partial charge in [-0.05, 0) is 33.3 Å². The Morgan fingerprint density at radius 1 is 0.967 bits per heavy atom. The van der Waals surface area contributed by atoms with Gasteiger partial charge in [-0.25, -0.2) is 4.79 Å². The molecular formula is C17H22F6N4O2S. The lowest BCUT2D eigenvalue weighted by atomic mass is 10.1. The highest BCUT2D eigenvalue weighted by molar-refractivity contribution is 7.18. The third kappa shape index (κ3) is 6.08. The molecule has 2 heterocycles. The fourth-order valence-electron chi connectivity index (χ4n) is 2.75. The number of nitrogens with one attached hydrogen (secondary N) is 2. The molecule has 0 unspecified atom stereocenters. The molecule has 30 heavy (non-hydrogen) atoms. The highest BCUT2D eigenvalue weighted by Gasteiger charge is 2.33. The highest BCUT2D eigenvalue weighted by atomic mass is 32.1. The van der Waals surface area contributed by atoms with Crippen molar-refractivity contribution in [2.45, 2.75) is 71.6 Å². The minimum atomic E-state index is -4.89. The zero-order valence-corrected chi connectivity index (χ0v) is 17.5. The number of aryl methyl sites for hydroxylation is 2. The Kier molecular flexibility index (Phi) is 6.79. The second-order valence-electron chi connectivity index (χ2n) is 7.86. The summed E-state index contributed by atoms with van der Waals surface area (Å²) in [7, 11) is 0. The van der Waals surface area contributed by atoms with E-state index in [0.717, 1.165) is 11.3 Å². The van der Waals surface area contributed by atoms with Gasteiger partial charge in [-0.15, -0.1) is 11.3 Å². The number of hydrazine groups is 1. The molecule has 170 valence electrons. The normalized spacial score (nSPS) is 13.4. The van der Waals surface area contributed by atoms with Crippen LogP contribution in [0.15, 0.2) is 9.59 Å². The monoisotopic (exact) mass is 460 g/mol. The Balaban J connectivity index is 2.63. The van der Waals surface area contributed by atoms with Crippen molar-refractivity contribution in [2.24, 2.45) is 0 Å². The van der Waals surface area contributed by atoms with Gasteiger partial charge in [0.25, 0.3) is 5.56 Å². The van der Waals surface area contributed by atoms with Gasteiger partial charge in [0.1, 0.15) is 11.4 Å². The van der Waals surface area contributed by atoms with E-state index in [1.165, 1.54) is 6.92 Å². The van der Waals surface area contributed by atoms with Gasteiger partial charge in [0, 0.05) is 23.5 Å². The maximum absolute atomic E-state index is 12.9. The molecule has 2 N–H and O–H groups in total. The molecule has 0 aliphatic rings. The maximum Gasteiger partial charge on any atom is 0.406 e. The summed E-state index contributed by atoms with van der Waals surface area (Å²) < 4.78 is 77.3. The van der Waals surface area contributed by atoms with E-state index in [1.54, 1.807) is 0 Å². The Bertz CT molecular complexity index is 1030. The largest absolute Gasteiger partial charge is 0.406 e. The number of hydrogen-bond donors (Lipinski definition) is 2. The fourth-order valence-corrected chi connectivity index (χ4v) is 4.01. The Morgan fingerprint density at radius 2 is 1.57 bits per heavy atom. The molecule has 0 saturated heterocycles. The van der Waals surface area contributed by atoms with Crippen LogP contribution in [0, 0.1) is 6.92 Å². The van der Waals surface area contributed by atoms with Crippen molar-refractivity contribution in [1.29, 1.82) is 0 Å². The summed E-state index contributed by atoms with van der Waals surface area (Å²) in [4.78, 5) is 25.6. The average molecular weight is 460 g/mol. The lowest BCUT2D eigenvalue weighted by molar-refractivity contribution is -0.143. The minimum absolute atomic E-state index is 0.0525. The first kappa shape index (κ1) is 24.4. The van der Waals surface area contributed by atoms with E-state index >= 15 is 0 Å². The van der Waals surface area contributed by atoms with Crippen LogP contribution in [0.5, 0.6) is 0 Å². The van der Waals surface area contributed by atoms with Gasteiger partial charge in [-0.1, -0.05) is 0 Å². The van der Waals surface area contributed by atoms with E-state index in [4.69, 9.17) is 0 Å². The smallest absolute Gasteiger partial charge is 0.284 e. The van der Waals surface area contributed by atoms with Gasteiger partial charge in [0.2, 0.25) is 0 Å². The molecular weight excluding hydrogens is 438 g/mol. The molecule has 0 radical (unpaired) electrons.